The third-order valence-corrected chi connectivity index (χ3v) is 2.67. The van der Waals surface area contributed by atoms with Crippen LogP contribution in [0.4, 0.5) is 0 Å². The first-order valence-electron chi connectivity index (χ1n) is 6.03. The second-order valence-electron chi connectivity index (χ2n) is 3.63. The van der Waals surface area contributed by atoms with Crippen molar-refractivity contribution in [1.29, 1.82) is 0 Å². The van der Waals surface area contributed by atoms with E-state index in [0.29, 0.717) is 0 Å². The molecule has 18 heavy (non-hydrogen) atoms. The number of nitrogens with one attached hydrogen (secondary N) is 2. The van der Waals surface area contributed by atoms with Gasteiger partial charge in [-0.1, -0.05) is 29.8 Å². The number of nitrogens with zero attached hydrogens (tertiary/aromatic N) is 1. The Kier molecular flexibility index (Phi) is 10.2. The average Bonchev–Trinajstić information content (AvgIpc) is 2.32. The summed E-state index contributed by atoms with van der Waals surface area (Å²) in [6.07, 6.45) is 0.861. The first-order valence-corrected chi connectivity index (χ1v) is 6.41. The van der Waals surface area contributed by atoms with Crippen LogP contribution >= 0.6 is 35.6 Å². The molecule has 0 saturated carbocycles. The zero-order valence-electron chi connectivity index (χ0n) is 10.9. The van der Waals surface area contributed by atoms with Crippen molar-refractivity contribution in [3.63, 3.8) is 0 Å². The van der Waals surface area contributed by atoms with Crippen molar-refractivity contribution in [2.24, 2.45) is 4.99 Å². The van der Waals surface area contributed by atoms with Crippen LogP contribution in [0.25, 0.3) is 0 Å². The molecule has 0 aliphatic heterocycles. The highest BCUT2D eigenvalue weighted by Crippen LogP contribution is 2.15. The summed E-state index contributed by atoms with van der Waals surface area (Å²) in [5, 5.41) is 7.20. The van der Waals surface area contributed by atoms with E-state index in [0.717, 1.165) is 42.6 Å². The Morgan fingerprint density at radius 3 is 2.33 bits per heavy atom. The Bertz CT molecular complexity index is 361. The molecule has 0 radical (unpaired) electrons. The second-order valence-corrected chi connectivity index (χ2v) is 4.04. The first-order chi connectivity index (χ1) is 8.27. The molecule has 0 atom stereocenters. The number of aliphatic imine (C=N–C) groups is 1. The number of guanidine groups is 1. The number of halogens is 2. The van der Waals surface area contributed by atoms with Gasteiger partial charge in [-0.3, -0.25) is 4.99 Å². The highest BCUT2D eigenvalue weighted by atomic mass is 127. The van der Waals surface area contributed by atoms with Crippen LogP contribution in [0.2, 0.25) is 5.02 Å². The number of rotatable bonds is 5. The summed E-state index contributed by atoms with van der Waals surface area (Å²) < 4.78 is 0. The van der Waals surface area contributed by atoms with Crippen LogP contribution in [0.15, 0.2) is 29.3 Å². The molecule has 0 heterocycles. The molecule has 2 N–H and O–H groups in total. The van der Waals surface area contributed by atoms with Gasteiger partial charge in [-0.05, 0) is 31.9 Å². The molecule has 5 heteroatoms. The van der Waals surface area contributed by atoms with Crippen molar-refractivity contribution < 1.29 is 0 Å². The van der Waals surface area contributed by atoms with E-state index in [4.69, 9.17) is 11.6 Å². The summed E-state index contributed by atoms with van der Waals surface area (Å²) >= 11 is 6.08. The van der Waals surface area contributed by atoms with Crippen LogP contribution in [0, 0.1) is 0 Å². The third-order valence-electron chi connectivity index (χ3n) is 2.30. The van der Waals surface area contributed by atoms with E-state index in [9.17, 15) is 0 Å². The fraction of sp³-hybridized carbons (Fsp3) is 0.462. The summed E-state index contributed by atoms with van der Waals surface area (Å²) in [5.74, 6) is 0.863. The summed E-state index contributed by atoms with van der Waals surface area (Å²) in [4.78, 5) is 4.48. The highest BCUT2D eigenvalue weighted by Gasteiger charge is 1.98. The minimum atomic E-state index is 0. The van der Waals surface area contributed by atoms with Gasteiger partial charge in [0.1, 0.15) is 0 Å². The molecule has 0 aliphatic rings. The molecule has 1 aromatic rings. The van der Waals surface area contributed by atoms with Gasteiger partial charge in [0.2, 0.25) is 0 Å². The smallest absolute Gasteiger partial charge is 0.191 e. The van der Waals surface area contributed by atoms with Crippen molar-refractivity contribution in [3.05, 3.63) is 34.9 Å². The Morgan fingerprint density at radius 2 is 1.78 bits per heavy atom. The van der Waals surface area contributed by atoms with Gasteiger partial charge in [0, 0.05) is 24.7 Å². The molecular weight excluding hydrogens is 361 g/mol. The Balaban J connectivity index is 0.00000289. The molecule has 0 fully saturated rings. The first kappa shape index (κ1) is 17.5. The van der Waals surface area contributed by atoms with Gasteiger partial charge in [0.15, 0.2) is 5.96 Å². The van der Waals surface area contributed by atoms with Crippen molar-refractivity contribution in [2.75, 3.05) is 19.6 Å². The van der Waals surface area contributed by atoms with Gasteiger partial charge >= 0.3 is 0 Å². The van der Waals surface area contributed by atoms with E-state index < -0.39 is 0 Å². The molecule has 0 bridgehead atoms. The van der Waals surface area contributed by atoms with E-state index in [2.05, 4.69) is 29.5 Å². The minimum Gasteiger partial charge on any atom is -0.357 e. The molecule has 102 valence electrons. The largest absolute Gasteiger partial charge is 0.357 e. The van der Waals surface area contributed by atoms with Gasteiger partial charge in [-0.25, -0.2) is 0 Å². The topological polar surface area (TPSA) is 36.4 Å². The van der Waals surface area contributed by atoms with E-state index in [1.54, 1.807) is 0 Å². The number of benzene rings is 1. The van der Waals surface area contributed by atoms with Crippen LogP contribution in [0.5, 0.6) is 0 Å². The fourth-order valence-corrected chi connectivity index (χ4v) is 1.73. The summed E-state index contributed by atoms with van der Waals surface area (Å²) in [6.45, 7) is 6.59. The van der Waals surface area contributed by atoms with E-state index in [1.165, 1.54) is 0 Å². The zero-order chi connectivity index (χ0) is 12.5. The number of hydrogen-bond acceptors (Lipinski definition) is 1. The molecule has 0 amide bonds. The summed E-state index contributed by atoms with van der Waals surface area (Å²) in [5.41, 5.74) is 1.14. The Labute approximate surface area is 131 Å². The maximum Gasteiger partial charge on any atom is 0.191 e. The van der Waals surface area contributed by atoms with Crippen LogP contribution < -0.4 is 10.6 Å². The highest BCUT2D eigenvalue weighted by molar-refractivity contribution is 14.0. The molecule has 0 saturated heterocycles. The lowest BCUT2D eigenvalue weighted by atomic mass is 10.1. The van der Waals surface area contributed by atoms with Crippen LogP contribution in [-0.2, 0) is 6.42 Å². The van der Waals surface area contributed by atoms with Gasteiger partial charge < -0.3 is 10.6 Å². The Hall–Kier alpha value is -0.490. The lowest BCUT2D eigenvalue weighted by Gasteiger charge is -2.09. The van der Waals surface area contributed by atoms with Crippen molar-refractivity contribution >= 4 is 41.5 Å². The van der Waals surface area contributed by atoms with Crippen molar-refractivity contribution in [3.8, 4) is 0 Å². The average molecular weight is 382 g/mol. The maximum absolute atomic E-state index is 6.08. The molecule has 0 spiro atoms. The zero-order valence-corrected chi connectivity index (χ0v) is 14.0. The SMILES string of the molecule is CCNC(=NCCc1ccccc1Cl)NCC.I. The molecule has 0 unspecified atom stereocenters. The molecule has 0 aromatic heterocycles. The van der Waals surface area contributed by atoms with Gasteiger partial charge in [-0.15, -0.1) is 24.0 Å². The predicted octanol–water partition coefficient (Wildman–Crippen LogP) is 3.08. The monoisotopic (exact) mass is 381 g/mol. The van der Waals surface area contributed by atoms with E-state index in [-0.39, 0.29) is 24.0 Å². The van der Waals surface area contributed by atoms with Gasteiger partial charge in [-0.2, -0.15) is 0 Å². The molecule has 1 rings (SSSR count). The van der Waals surface area contributed by atoms with Crippen LogP contribution in [0.1, 0.15) is 19.4 Å². The summed E-state index contributed by atoms with van der Waals surface area (Å²) in [7, 11) is 0. The maximum atomic E-state index is 6.08. The third kappa shape index (κ3) is 6.44. The fourth-order valence-electron chi connectivity index (χ4n) is 1.50. The van der Waals surface area contributed by atoms with E-state index in [1.807, 2.05) is 24.3 Å². The lowest BCUT2D eigenvalue weighted by Crippen LogP contribution is -2.37. The standard InChI is InChI=1S/C13H20ClN3.HI/c1-3-15-13(16-4-2)17-10-9-11-7-5-6-8-12(11)14;/h5-8H,3-4,9-10H2,1-2H3,(H2,15,16,17);1H. The second kappa shape index (κ2) is 10.4. The predicted molar refractivity (Wildman–Crippen MR) is 90.2 cm³/mol. The summed E-state index contributed by atoms with van der Waals surface area (Å²) in [6, 6.07) is 7.90. The molecular formula is C13H21ClIN3. The Morgan fingerprint density at radius 1 is 1.17 bits per heavy atom. The molecule has 3 nitrogen and oxygen atoms in total. The molecule has 0 aliphatic carbocycles. The van der Waals surface area contributed by atoms with Crippen LogP contribution in [-0.4, -0.2) is 25.6 Å². The lowest BCUT2D eigenvalue weighted by molar-refractivity contribution is 0.833. The molecule has 1 aromatic carbocycles. The quantitative estimate of drug-likeness (QED) is 0.467. The normalized spacial score (nSPS) is 9.28. The van der Waals surface area contributed by atoms with Gasteiger partial charge in [0.05, 0.1) is 0 Å². The van der Waals surface area contributed by atoms with Gasteiger partial charge in [0.25, 0.3) is 0 Å². The van der Waals surface area contributed by atoms with Crippen molar-refractivity contribution in [2.45, 2.75) is 20.3 Å². The van der Waals surface area contributed by atoms with E-state index >= 15 is 0 Å². The van der Waals surface area contributed by atoms with Crippen LogP contribution in [0.3, 0.4) is 0 Å². The number of hydrogen-bond donors (Lipinski definition) is 2. The van der Waals surface area contributed by atoms with Crippen molar-refractivity contribution in [1.82, 2.24) is 10.6 Å². The minimum absolute atomic E-state index is 0.